The van der Waals surface area contributed by atoms with Gasteiger partial charge in [0.1, 0.15) is 17.3 Å². The maximum atomic E-state index is 15.6. The maximum Gasteiger partial charge on any atom is 0.271 e. The number of carbonyl (C=O) groups is 2. The molecule has 5 aliphatic rings. The molecule has 2 aliphatic heterocycles. The Morgan fingerprint density at radius 3 is 1.84 bits per heavy atom. The van der Waals surface area contributed by atoms with Crippen molar-refractivity contribution in [3.63, 3.8) is 0 Å². The number of carbonyl (C=O) groups excluding carboxylic acids is 2. The van der Waals surface area contributed by atoms with Crippen molar-refractivity contribution in [3.8, 4) is 0 Å². The highest BCUT2D eigenvalue weighted by molar-refractivity contribution is 9.10. The summed E-state index contributed by atoms with van der Waals surface area (Å²) in [5.74, 6) is -2.30. The van der Waals surface area contributed by atoms with Crippen LogP contribution in [0.15, 0.2) is 132 Å². The number of rotatable bonds is 3. The predicted molar refractivity (Wildman–Crippen MR) is 168 cm³/mol. The average Bonchev–Trinajstić information content (AvgIpc) is 3.49. The van der Waals surface area contributed by atoms with Crippen molar-refractivity contribution >= 4 is 39.1 Å². The van der Waals surface area contributed by atoms with Gasteiger partial charge in [0.2, 0.25) is 11.5 Å². The molecule has 5 nitrogen and oxygen atoms in total. The summed E-state index contributed by atoms with van der Waals surface area (Å²) in [7, 11) is 0. The third-order valence-corrected chi connectivity index (χ3v) is 10.5. The summed E-state index contributed by atoms with van der Waals surface area (Å²) in [5.41, 5.74) is 2.90. The van der Waals surface area contributed by atoms with E-state index < -0.39 is 40.6 Å². The summed E-state index contributed by atoms with van der Waals surface area (Å²) in [5, 5.41) is 1.80. The van der Waals surface area contributed by atoms with Gasteiger partial charge in [-0.25, -0.2) is 14.4 Å². The van der Waals surface area contributed by atoms with Crippen LogP contribution in [-0.4, -0.2) is 17.4 Å². The van der Waals surface area contributed by atoms with Gasteiger partial charge in [0.15, 0.2) is 0 Å². The summed E-state index contributed by atoms with van der Waals surface area (Å²) >= 11 is 3.66. The lowest BCUT2D eigenvalue weighted by molar-refractivity contribution is -0.153. The number of halogens is 2. The summed E-state index contributed by atoms with van der Waals surface area (Å²) in [6, 6.07) is 38.7. The van der Waals surface area contributed by atoms with E-state index >= 15 is 9.59 Å². The molecule has 214 valence electrons. The summed E-state index contributed by atoms with van der Waals surface area (Å²) in [6.07, 6.45) is 0. The zero-order chi connectivity index (χ0) is 29.8. The Hall–Kier alpha value is -4.59. The van der Waals surface area contributed by atoms with Gasteiger partial charge in [-0.2, -0.15) is 0 Å². The van der Waals surface area contributed by atoms with E-state index in [0.29, 0.717) is 5.69 Å². The standard InChI is InChI=1S/C37H24BrFN2O3/c38-23-10-8-9-22(21-23)33-36-31-27-13-4-6-15-29(27)32(30-16-7-5-14-28(30)31)37(36,44-41(33)26-11-2-1-3-12-26)35(43)40(34(36)42)25-19-17-24(39)18-20-25/h1-21,31-33H. The number of imide groups is 1. The second-order valence-corrected chi connectivity index (χ2v) is 12.8. The van der Waals surface area contributed by atoms with Crippen LogP contribution in [-0.2, 0) is 14.4 Å². The zero-order valence-corrected chi connectivity index (χ0v) is 24.8. The van der Waals surface area contributed by atoms with E-state index in [4.69, 9.17) is 4.84 Å². The van der Waals surface area contributed by atoms with Gasteiger partial charge in [0, 0.05) is 10.4 Å². The number of anilines is 2. The predicted octanol–water partition coefficient (Wildman–Crippen LogP) is 7.67. The molecule has 0 aromatic heterocycles. The molecular formula is C37H24BrFN2O3. The number of benzene rings is 5. The van der Waals surface area contributed by atoms with Crippen LogP contribution in [0.5, 0.6) is 0 Å². The topological polar surface area (TPSA) is 49.9 Å². The number of para-hydroxylation sites is 1. The van der Waals surface area contributed by atoms with Crippen LogP contribution in [0.4, 0.5) is 15.8 Å². The van der Waals surface area contributed by atoms with Gasteiger partial charge in [-0.1, -0.05) is 94.8 Å². The molecule has 44 heavy (non-hydrogen) atoms. The molecule has 3 aliphatic carbocycles. The van der Waals surface area contributed by atoms with Crippen molar-refractivity contribution < 1.29 is 18.8 Å². The molecule has 3 unspecified atom stereocenters. The number of nitrogens with zero attached hydrogens (tertiary/aromatic N) is 2. The maximum absolute atomic E-state index is 15.6. The Labute approximate surface area is 261 Å². The van der Waals surface area contributed by atoms with Gasteiger partial charge < -0.3 is 0 Å². The van der Waals surface area contributed by atoms with Crippen LogP contribution >= 0.6 is 15.9 Å². The summed E-state index contributed by atoms with van der Waals surface area (Å²) < 4.78 is 15.0. The number of amides is 2. The van der Waals surface area contributed by atoms with Gasteiger partial charge in [-0.3, -0.25) is 14.4 Å². The van der Waals surface area contributed by atoms with Gasteiger partial charge in [0.25, 0.3) is 5.91 Å². The first kappa shape index (κ1) is 25.9. The molecule has 5 aromatic rings. The lowest BCUT2D eigenvalue weighted by atomic mass is 9.43. The molecule has 0 spiro atoms. The fourth-order valence-corrected chi connectivity index (χ4v) is 8.95. The Morgan fingerprint density at radius 1 is 0.636 bits per heavy atom. The third-order valence-electron chi connectivity index (χ3n) is 9.96. The zero-order valence-electron chi connectivity index (χ0n) is 23.2. The van der Waals surface area contributed by atoms with Crippen LogP contribution in [0, 0.1) is 11.2 Å². The molecule has 2 bridgehead atoms. The second kappa shape index (κ2) is 8.97. The van der Waals surface area contributed by atoms with E-state index in [-0.39, 0.29) is 5.91 Å². The first-order valence-corrected chi connectivity index (χ1v) is 15.4. The average molecular weight is 644 g/mol. The number of hydrogen-bond donors (Lipinski definition) is 0. The highest BCUT2D eigenvalue weighted by Gasteiger charge is 2.87. The first-order chi connectivity index (χ1) is 21.5. The van der Waals surface area contributed by atoms with Crippen molar-refractivity contribution in [2.45, 2.75) is 23.5 Å². The van der Waals surface area contributed by atoms with Crippen molar-refractivity contribution in [1.29, 1.82) is 0 Å². The van der Waals surface area contributed by atoms with Gasteiger partial charge in [-0.15, -0.1) is 0 Å². The Balaban J connectivity index is 1.43. The van der Waals surface area contributed by atoms with Crippen LogP contribution in [0.3, 0.4) is 0 Å². The summed E-state index contributed by atoms with van der Waals surface area (Å²) in [4.78, 5) is 39.3. The Kier molecular flexibility index (Phi) is 5.27. The molecule has 0 N–H and O–H groups in total. The normalized spacial score (nSPS) is 27.6. The number of hydrogen-bond acceptors (Lipinski definition) is 4. The molecule has 2 fully saturated rings. The fraction of sp³-hybridized carbons (Fsp3) is 0.135. The van der Waals surface area contributed by atoms with Gasteiger partial charge >= 0.3 is 0 Å². The smallest absolute Gasteiger partial charge is 0.271 e. The number of hydroxylamine groups is 1. The lowest BCUT2D eigenvalue weighted by Gasteiger charge is -2.55. The van der Waals surface area contributed by atoms with Crippen molar-refractivity contribution in [1.82, 2.24) is 0 Å². The Bertz CT molecular complexity index is 1970. The van der Waals surface area contributed by atoms with Crippen LogP contribution < -0.4 is 9.96 Å². The molecular weight excluding hydrogens is 619 g/mol. The molecule has 0 radical (unpaired) electrons. The largest absolute Gasteiger partial charge is 0.273 e. The monoisotopic (exact) mass is 642 g/mol. The minimum atomic E-state index is -1.62. The van der Waals surface area contributed by atoms with E-state index in [2.05, 4.69) is 40.2 Å². The molecule has 2 saturated heterocycles. The van der Waals surface area contributed by atoms with E-state index in [9.17, 15) is 4.39 Å². The highest BCUT2D eigenvalue weighted by Crippen LogP contribution is 2.77. The minimum absolute atomic E-state index is 0.326. The highest BCUT2D eigenvalue weighted by atomic mass is 79.9. The molecule has 0 saturated carbocycles. The molecule has 5 aromatic carbocycles. The SMILES string of the molecule is O=C1N(c2ccc(F)cc2)C(=O)C23C4c5ccccc5C(c5ccccc54)C12ON(c1ccccc1)C3c1cccc(Br)c1. The lowest BCUT2D eigenvalue weighted by Crippen LogP contribution is -2.63. The fourth-order valence-electron chi connectivity index (χ4n) is 8.53. The molecule has 7 heteroatoms. The van der Waals surface area contributed by atoms with Crippen molar-refractivity contribution in [2.75, 3.05) is 9.96 Å². The molecule has 3 atom stereocenters. The van der Waals surface area contributed by atoms with E-state index in [1.54, 1.807) is 5.06 Å². The van der Waals surface area contributed by atoms with E-state index in [1.165, 1.54) is 29.2 Å². The molecule has 10 rings (SSSR count). The molecule has 2 heterocycles. The van der Waals surface area contributed by atoms with Crippen LogP contribution in [0.1, 0.15) is 45.7 Å². The third kappa shape index (κ3) is 2.96. The van der Waals surface area contributed by atoms with E-state index in [1.807, 2.05) is 78.9 Å². The molecule has 2 amide bonds. The summed E-state index contributed by atoms with van der Waals surface area (Å²) in [6.45, 7) is 0. The quantitative estimate of drug-likeness (QED) is 0.190. The van der Waals surface area contributed by atoms with Gasteiger partial charge in [-0.05, 0) is 76.3 Å². The van der Waals surface area contributed by atoms with Gasteiger partial charge in [0.05, 0.1) is 17.3 Å². The Morgan fingerprint density at radius 2 is 1.23 bits per heavy atom. The van der Waals surface area contributed by atoms with E-state index in [0.717, 1.165) is 38.0 Å². The van der Waals surface area contributed by atoms with Crippen LogP contribution in [0.25, 0.3) is 0 Å². The first-order valence-electron chi connectivity index (χ1n) is 14.6. The van der Waals surface area contributed by atoms with Crippen LogP contribution in [0.2, 0.25) is 0 Å². The minimum Gasteiger partial charge on any atom is -0.273 e. The van der Waals surface area contributed by atoms with Crippen molar-refractivity contribution in [3.05, 3.63) is 166 Å². The van der Waals surface area contributed by atoms with Crippen molar-refractivity contribution in [2.24, 2.45) is 5.41 Å². The second-order valence-electron chi connectivity index (χ2n) is 11.9.